The van der Waals surface area contributed by atoms with Gasteiger partial charge < -0.3 is 0 Å². The van der Waals surface area contributed by atoms with Crippen molar-refractivity contribution in [2.75, 3.05) is 0 Å². The lowest BCUT2D eigenvalue weighted by atomic mass is 9.78. The molecule has 0 aromatic heterocycles. The van der Waals surface area contributed by atoms with Crippen molar-refractivity contribution in [1.82, 2.24) is 0 Å². The molecule has 0 aromatic carbocycles. The quantitative estimate of drug-likeness (QED) is 0.554. The van der Waals surface area contributed by atoms with Crippen molar-refractivity contribution < 1.29 is 4.79 Å². The minimum absolute atomic E-state index is 0.266. The summed E-state index contributed by atoms with van der Waals surface area (Å²) in [6.07, 6.45) is 5.68. The topological polar surface area (TPSA) is 17.1 Å². The number of carbonyl (C=O) groups excluding carboxylic acids is 1. The standard InChI is InChI=1S/C11H18O/c1-5-8-11(4,9-6-2)10(12)7-3/h5-6H,1-2,7-9H2,3-4H3. The second-order valence-electron chi connectivity index (χ2n) is 3.32. The fourth-order valence-corrected chi connectivity index (χ4v) is 1.37. The lowest BCUT2D eigenvalue weighted by molar-refractivity contribution is -0.127. The highest BCUT2D eigenvalue weighted by atomic mass is 16.1. The molecule has 1 nitrogen and oxygen atoms in total. The summed E-state index contributed by atoms with van der Waals surface area (Å²) in [7, 11) is 0. The van der Waals surface area contributed by atoms with Gasteiger partial charge in [-0.25, -0.2) is 0 Å². The van der Waals surface area contributed by atoms with E-state index in [0.29, 0.717) is 12.2 Å². The van der Waals surface area contributed by atoms with Crippen LogP contribution in [0.15, 0.2) is 25.3 Å². The molecule has 0 radical (unpaired) electrons. The Labute approximate surface area is 75.2 Å². The molecule has 0 bridgehead atoms. The highest BCUT2D eigenvalue weighted by Crippen LogP contribution is 2.29. The number of allylic oxidation sites excluding steroid dienone is 2. The molecule has 0 saturated carbocycles. The smallest absolute Gasteiger partial charge is 0.139 e. The third-order valence-corrected chi connectivity index (χ3v) is 2.18. The van der Waals surface area contributed by atoms with Gasteiger partial charge in [-0.05, 0) is 12.8 Å². The summed E-state index contributed by atoms with van der Waals surface area (Å²) in [4.78, 5) is 11.5. The molecule has 0 saturated heterocycles. The van der Waals surface area contributed by atoms with Crippen LogP contribution >= 0.6 is 0 Å². The Kier molecular flexibility index (Phi) is 4.57. The van der Waals surface area contributed by atoms with Gasteiger partial charge in [0, 0.05) is 11.8 Å². The first kappa shape index (κ1) is 11.2. The van der Waals surface area contributed by atoms with Gasteiger partial charge in [-0.3, -0.25) is 4.79 Å². The molecule has 0 aliphatic carbocycles. The summed E-state index contributed by atoms with van der Waals surface area (Å²) < 4.78 is 0. The predicted molar refractivity (Wildman–Crippen MR) is 53.0 cm³/mol. The van der Waals surface area contributed by atoms with Crippen LogP contribution in [-0.4, -0.2) is 5.78 Å². The lowest BCUT2D eigenvalue weighted by Crippen LogP contribution is -2.25. The van der Waals surface area contributed by atoms with Gasteiger partial charge in [0.2, 0.25) is 0 Å². The first-order valence-corrected chi connectivity index (χ1v) is 4.35. The molecule has 0 aliphatic heterocycles. The summed E-state index contributed by atoms with van der Waals surface area (Å²) in [6, 6.07) is 0. The maximum Gasteiger partial charge on any atom is 0.139 e. The van der Waals surface area contributed by atoms with Gasteiger partial charge in [0.1, 0.15) is 5.78 Å². The fourth-order valence-electron chi connectivity index (χ4n) is 1.37. The van der Waals surface area contributed by atoms with Crippen LogP contribution in [0.2, 0.25) is 0 Å². The van der Waals surface area contributed by atoms with E-state index in [1.807, 2.05) is 13.8 Å². The van der Waals surface area contributed by atoms with E-state index in [-0.39, 0.29) is 5.41 Å². The summed E-state index contributed by atoms with van der Waals surface area (Å²) in [5, 5.41) is 0. The zero-order valence-corrected chi connectivity index (χ0v) is 8.10. The third-order valence-electron chi connectivity index (χ3n) is 2.18. The van der Waals surface area contributed by atoms with E-state index in [9.17, 15) is 4.79 Å². The average molecular weight is 166 g/mol. The van der Waals surface area contributed by atoms with Gasteiger partial charge in [0.05, 0.1) is 0 Å². The van der Waals surface area contributed by atoms with Crippen LogP contribution in [0.1, 0.15) is 33.1 Å². The van der Waals surface area contributed by atoms with Crippen LogP contribution in [0, 0.1) is 5.41 Å². The van der Waals surface area contributed by atoms with Crippen molar-refractivity contribution in [2.45, 2.75) is 33.1 Å². The lowest BCUT2D eigenvalue weighted by Gasteiger charge is -2.24. The maximum atomic E-state index is 11.5. The average Bonchev–Trinajstić information content (AvgIpc) is 2.04. The van der Waals surface area contributed by atoms with Crippen molar-refractivity contribution in [3.05, 3.63) is 25.3 Å². The molecule has 0 atom stereocenters. The van der Waals surface area contributed by atoms with Crippen LogP contribution in [0.5, 0.6) is 0 Å². The number of rotatable bonds is 6. The molecule has 0 rings (SSSR count). The molecule has 0 spiro atoms. The minimum Gasteiger partial charge on any atom is -0.299 e. The van der Waals surface area contributed by atoms with Crippen LogP contribution in [0.3, 0.4) is 0 Å². The Morgan fingerprint density at radius 1 is 1.33 bits per heavy atom. The molecule has 68 valence electrons. The van der Waals surface area contributed by atoms with Crippen LogP contribution < -0.4 is 0 Å². The van der Waals surface area contributed by atoms with Gasteiger partial charge in [-0.2, -0.15) is 0 Å². The molecule has 0 aromatic rings. The Morgan fingerprint density at radius 2 is 1.75 bits per heavy atom. The number of hydrogen-bond donors (Lipinski definition) is 0. The highest BCUT2D eigenvalue weighted by Gasteiger charge is 2.28. The zero-order chi connectivity index (χ0) is 9.61. The normalized spacial score (nSPS) is 10.8. The number of hydrogen-bond acceptors (Lipinski definition) is 1. The largest absolute Gasteiger partial charge is 0.299 e. The molecule has 0 unspecified atom stereocenters. The van der Waals surface area contributed by atoms with Crippen LogP contribution in [0.25, 0.3) is 0 Å². The molecule has 1 heteroatoms. The summed E-state index contributed by atoms with van der Waals surface area (Å²) in [5.41, 5.74) is -0.266. The first-order chi connectivity index (χ1) is 5.60. The molecule has 0 N–H and O–H groups in total. The van der Waals surface area contributed by atoms with E-state index >= 15 is 0 Å². The van der Waals surface area contributed by atoms with E-state index in [1.165, 1.54) is 0 Å². The zero-order valence-electron chi connectivity index (χ0n) is 8.10. The molecular formula is C11H18O. The Hall–Kier alpha value is -0.850. The van der Waals surface area contributed by atoms with Gasteiger partial charge in [0.15, 0.2) is 0 Å². The van der Waals surface area contributed by atoms with Gasteiger partial charge in [0.25, 0.3) is 0 Å². The minimum atomic E-state index is -0.266. The van der Waals surface area contributed by atoms with Crippen LogP contribution in [0.4, 0.5) is 0 Å². The second kappa shape index (κ2) is 4.91. The van der Waals surface area contributed by atoms with Crippen molar-refractivity contribution in [3.8, 4) is 0 Å². The van der Waals surface area contributed by atoms with E-state index in [1.54, 1.807) is 12.2 Å². The van der Waals surface area contributed by atoms with E-state index < -0.39 is 0 Å². The summed E-state index contributed by atoms with van der Waals surface area (Å²) in [6.45, 7) is 11.2. The predicted octanol–water partition coefficient (Wildman–Crippen LogP) is 3.12. The molecule has 12 heavy (non-hydrogen) atoms. The second-order valence-corrected chi connectivity index (χ2v) is 3.32. The Bertz CT molecular complexity index is 169. The van der Waals surface area contributed by atoms with Crippen molar-refractivity contribution in [2.24, 2.45) is 5.41 Å². The van der Waals surface area contributed by atoms with E-state index in [2.05, 4.69) is 13.2 Å². The number of ketones is 1. The SMILES string of the molecule is C=CCC(C)(CC=C)C(=O)CC. The Balaban J connectivity index is 4.46. The van der Waals surface area contributed by atoms with Gasteiger partial charge in [-0.15, -0.1) is 13.2 Å². The van der Waals surface area contributed by atoms with E-state index in [4.69, 9.17) is 0 Å². The molecular weight excluding hydrogens is 148 g/mol. The summed E-state index contributed by atoms with van der Waals surface area (Å²) >= 11 is 0. The third kappa shape index (κ3) is 2.65. The van der Waals surface area contributed by atoms with E-state index in [0.717, 1.165) is 12.8 Å². The molecule has 0 fully saturated rings. The van der Waals surface area contributed by atoms with Crippen molar-refractivity contribution in [3.63, 3.8) is 0 Å². The molecule has 0 amide bonds. The summed E-state index contributed by atoms with van der Waals surface area (Å²) in [5.74, 6) is 0.294. The van der Waals surface area contributed by atoms with Crippen molar-refractivity contribution >= 4 is 5.78 Å². The van der Waals surface area contributed by atoms with Gasteiger partial charge >= 0.3 is 0 Å². The highest BCUT2D eigenvalue weighted by molar-refractivity contribution is 5.84. The number of carbonyl (C=O) groups is 1. The molecule has 0 heterocycles. The maximum absolute atomic E-state index is 11.5. The molecule has 0 aliphatic rings. The first-order valence-electron chi connectivity index (χ1n) is 4.35. The monoisotopic (exact) mass is 166 g/mol. The van der Waals surface area contributed by atoms with Gasteiger partial charge in [-0.1, -0.05) is 26.0 Å². The fraction of sp³-hybridized carbons (Fsp3) is 0.545. The Morgan fingerprint density at radius 3 is 2.00 bits per heavy atom. The van der Waals surface area contributed by atoms with Crippen molar-refractivity contribution in [1.29, 1.82) is 0 Å². The van der Waals surface area contributed by atoms with Crippen LogP contribution in [-0.2, 0) is 4.79 Å². The number of Topliss-reactive ketones (excluding diaryl/α,β-unsaturated/α-hetero) is 1.